The Bertz CT molecular complexity index is 1110. The van der Waals surface area contributed by atoms with Crippen molar-refractivity contribution >= 4 is 22.5 Å². The molecule has 2 N–H and O–H groups in total. The minimum absolute atomic E-state index is 0.0926. The van der Waals surface area contributed by atoms with E-state index in [1.807, 2.05) is 44.2 Å². The van der Waals surface area contributed by atoms with Gasteiger partial charge >= 0.3 is 5.97 Å². The van der Waals surface area contributed by atoms with Gasteiger partial charge < -0.3 is 10.2 Å². The minimum atomic E-state index is -1.29. The van der Waals surface area contributed by atoms with E-state index in [0.717, 1.165) is 29.5 Å². The van der Waals surface area contributed by atoms with Crippen LogP contribution < -0.4 is 0 Å². The Balaban J connectivity index is 2.19. The van der Waals surface area contributed by atoms with Crippen molar-refractivity contribution in [1.82, 2.24) is 0 Å². The number of ketones is 1. The second kappa shape index (κ2) is 5.70. The van der Waals surface area contributed by atoms with Gasteiger partial charge in [-0.25, -0.2) is 4.79 Å². The van der Waals surface area contributed by atoms with Crippen LogP contribution in [0.15, 0.2) is 36.4 Å². The highest BCUT2D eigenvalue weighted by molar-refractivity contribution is 6.30. The van der Waals surface area contributed by atoms with Crippen LogP contribution in [-0.4, -0.2) is 22.0 Å². The SMILES string of the molecule is CCc1ccc2c(c1)C(=O)c1c(C(=O)O)c(O)c3cc(CC)ccc3c1-2. The Morgan fingerprint density at radius 3 is 2.19 bits per heavy atom. The normalized spacial score (nSPS) is 12.3. The van der Waals surface area contributed by atoms with Crippen molar-refractivity contribution in [3.8, 4) is 16.9 Å². The van der Waals surface area contributed by atoms with Crippen molar-refractivity contribution in [2.45, 2.75) is 26.7 Å². The maximum absolute atomic E-state index is 13.0. The fourth-order valence-corrected chi connectivity index (χ4v) is 3.80. The van der Waals surface area contributed by atoms with Crippen molar-refractivity contribution < 1.29 is 19.8 Å². The highest BCUT2D eigenvalue weighted by Crippen LogP contribution is 2.47. The molecule has 4 rings (SSSR count). The van der Waals surface area contributed by atoms with E-state index in [-0.39, 0.29) is 22.7 Å². The van der Waals surface area contributed by atoms with Crippen LogP contribution in [0.5, 0.6) is 5.75 Å². The topological polar surface area (TPSA) is 74.6 Å². The number of aromatic carboxylic acids is 1. The molecule has 0 aliphatic heterocycles. The van der Waals surface area contributed by atoms with Gasteiger partial charge in [0.2, 0.25) is 0 Å². The summed E-state index contributed by atoms with van der Waals surface area (Å²) in [5.74, 6) is -1.96. The maximum atomic E-state index is 13.0. The Morgan fingerprint density at radius 2 is 1.54 bits per heavy atom. The van der Waals surface area contributed by atoms with Gasteiger partial charge in [0, 0.05) is 22.1 Å². The summed E-state index contributed by atoms with van der Waals surface area (Å²) >= 11 is 0. The van der Waals surface area contributed by atoms with Gasteiger partial charge in [-0.05, 0) is 47.1 Å². The lowest BCUT2D eigenvalue weighted by atomic mass is 9.91. The molecule has 0 spiro atoms. The zero-order valence-corrected chi connectivity index (χ0v) is 14.6. The summed E-state index contributed by atoms with van der Waals surface area (Å²) < 4.78 is 0. The lowest BCUT2D eigenvalue weighted by molar-refractivity contribution is 0.0690. The second-order valence-electron chi connectivity index (χ2n) is 6.57. The molecule has 0 heterocycles. The summed E-state index contributed by atoms with van der Waals surface area (Å²) in [7, 11) is 0. The molecule has 0 atom stereocenters. The summed E-state index contributed by atoms with van der Waals surface area (Å²) in [5.41, 5.74) is 3.65. The Morgan fingerprint density at radius 1 is 0.885 bits per heavy atom. The van der Waals surface area contributed by atoms with Crippen molar-refractivity contribution in [2.24, 2.45) is 0 Å². The number of rotatable bonds is 3. The van der Waals surface area contributed by atoms with Crippen LogP contribution in [-0.2, 0) is 12.8 Å². The van der Waals surface area contributed by atoms with Crippen LogP contribution in [0.3, 0.4) is 0 Å². The monoisotopic (exact) mass is 346 g/mol. The average Bonchev–Trinajstić information content (AvgIpc) is 2.93. The third-order valence-electron chi connectivity index (χ3n) is 5.20. The fraction of sp³-hybridized carbons (Fsp3) is 0.182. The van der Waals surface area contributed by atoms with Crippen molar-refractivity contribution in [2.75, 3.05) is 0 Å². The van der Waals surface area contributed by atoms with Gasteiger partial charge in [0.15, 0.2) is 5.78 Å². The molecule has 4 heteroatoms. The Labute approximate surface area is 150 Å². The van der Waals surface area contributed by atoms with Gasteiger partial charge in [-0.2, -0.15) is 0 Å². The first-order chi connectivity index (χ1) is 12.5. The number of aromatic hydroxyl groups is 1. The molecule has 130 valence electrons. The number of fused-ring (bicyclic) bond motifs is 5. The van der Waals surface area contributed by atoms with Gasteiger partial charge in [-0.1, -0.05) is 38.1 Å². The molecule has 1 aliphatic carbocycles. The third-order valence-corrected chi connectivity index (χ3v) is 5.20. The number of carbonyl (C=O) groups is 2. The van der Waals surface area contributed by atoms with Gasteiger partial charge in [-0.15, -0.1) is 0 Å². The van der Waals surface area contributed by atoms with Crippen LogP contribution in [0.1, 0.15) is 51.3 Å². The van der Waals surface area contributed by atoms with E-state index >= 15 is 0 Å². The van der Waals surface area contributed by atoms with E-state index in [1.54, 1.807) is 6.07 Å². The minimum Gasteiger partial charge on any atom is -0.506 e. The number of benzene rings is 3. The quantitative estimate of drug-likeness (QED) is 0.569. The predicted octanol–water partition coefficient (Wildman–Crippen LogP) is 4.58. The predicted molar refractivity (Wildman–Crippen MR) is 100 cm³/mol. The standard InChI is InChI=1S/C22H18O4/c1-3-11-5-7-13-15(9-11)20(23)18-17(13)14-8-6-12(4-2)10-16(14)21(24)19(18)22(25)26/h5-10,24H,3-4H2,1-2H3,(H,25,26). The molecule has 1 aliphatic rings. The summed E-state index contributed by atoms with van der Waals surface area (Å²) in [5, 5.41) is 21.5. The second-order valence-corrected chi connectivity index (χ2v) is 6.57. The van der Waals surface area contributed by atoms with Gasteiger partial charge in [0.25, 0.3) is 0 Å². The smallest absolute Gasteiger partial charge is 0.340 e. The molecule has 0 amide bonds. The zero-order valence-electron chi connectivity index (χ0n) is 14.6. The molecule has 0 unspecified atom stereocenters. The molecule has 0 aromatic heterocycles. The number of hydrogen-bond acceptors (Lipinski definition) is 3. The van der Waals surface area contributed by atoms with E-state index in [9.17, 15) is 19.8 Å². The van der Waals surface area contributed by atoms with Crippen LogP contribution in [0.4, 0.5) is 0 Å². The number of phenols is 1. The van der Waals surface area contributed by atoms with E-state index in [4.69, 9.17) is 0 Å². The summed E-state index contributed by atoms with van der Waals surface area (Å²) in [6.45, 7) is 4.00. The number of hydrogen-bond donors (Lipinski definition) is 2. The molecule has 4 nitrogen and oxygen atoms in total. The van der Waals surface area contributed by atoms with Crippen LogP contribution in [0.2, 0.25) is 0 Å². The lowest BCUT2D eigenvalue weighted by Gasteiger charge is -2.13. The van der Waals surface area contributed by atoms with E-state index in [1.165, 1.54) is 0 Å². The zero-order chi connectivity index (χ0) is 18.6. The van der Waals surface area contributed by atoms with Crippen LogP contribution in [0.25, 0.3) is 21.9 Å². The number of carboxylic acids is 1. The van der Waals surface area contributed by atoms with Crippen LogP contribution in [0, 0.1) is 0 Å². The Hall–Kier alpha value is -3.14. The first kappa shape index (κ1) is 16.3. The van der Waals surface area contributed by atoms with Crippen molar-refractivity contribution in [3.05, 3.63) is 64.2 Å². The number of carboxylic acid groups (broad SMARTS) is 1. The van der Waals surface area contributed by atoms with Crippen molar-refractivity contribution in [3.63, 3.8) is 0 Å². The third kappa shape index (κ3) is 2.08. The molecule has 0 saturated carbocycles. The van der Waals surface area contributed by atoms with Crippen LogP contribution >= 0.6 is 0 Å². The van der Waals surface area contributed by atoms with Gasteiger partial charge in [0.1, 0.15) is 11.3 Å². The molecular formula is C22H18O4. The highest BCUT2D eigenvalue weighted by atomic mass is 16.4. The highest BCUT2D eigenvalue weighted by Gasteiger charge is 2.35. The molecule has 0 radical (unpaired) electrons. The summed E-state index contributed by atoms with van der Waals surface area (Å²) in [4.78, 5) is 24.9. The van der Waals surface area contributed by atoms with E-state index in [2.05, 4.69) is 0 Å². The number of carbonyl (C=O) groups excluding carboxylic acids is 1. The van der Waals surface area contributed by atoms with Gasteiger partial charge in [-0.3, -0.25) is 4.79 Å². The number of aryl methyl sites for hydroxylation is 2. The fourth-order valence-electron chi connectivity index (χ4n) is 3.80. The Kier molecular flexibility index (Phi) is 3.58. The molecule has 0 bridgehead atoms. The first-order valence-corrected chi connectivity index (χ1v) is 8.70. The molecule has 3 aromatic rings. The molecular weight excluding hydrogens is 328 g/mol. The summed E-state index contributed by atoms with van der Waals surface area (Å²) in [6.07, 6.45) is 1.55. The van der Waals surface area contributed by atoms with Crippen molar-refractivity contribution in [1.29, 1.82) is 0 Å². The van der Waals surface area contributed by atoms with E-state index < -0.39 is 5.97 Å². The summed E-state index contributed by atoms with van der Waals surface area (Å²) in [6, 6.07) is 11.3. The molecule has 26 heavy (non-hydrogen) atoms. The molecule has 0 fully saturated rings. The first-order valence-electron chi connectivity index (χ1n) is 8.70. The van der Waals surface area contributed by atoms with Gasteiger partial charge in [0.05, 0.1) is 0 Å². The maximum Gasteiger partial charge on any atom is 0.340 e. The average molecular weight is 346 g/mol. The molecule has 3 aromatic carbocycles. The largest absolute Gasteiger partial charge is 0.506 e. The molecule has 0 saturated heterocycles. The lowest BCUT2D eigenvalue weighted by Crippen LogP contribution is -2.08. The van der Waals surface area contributed by atoms with E-state index in [0.29, 0.717) is 21.9 Å².